The van der Waals surface area contributed by atoms with Gasteiger partial charge >= 0.3 is 11.9 Å². The molecule has 1 aromatic rings. The van der Waals surface area contributed by atoms with E-state index >= 15 is 0 Å². The van der Waals surface area contributed by atoms with Crippen LogP contribution in [0.4, 0.5) is 0 Å². The summed E-state index contributed by atoms with van der Waals surface area (Å²) < 4.78 is 10.3. The molecule has 1 rings (SSSR count). The summed E-state index contributed by atoms with van der Waals surface area (Å²) >= 11 is 23.7. The zero-order valence-electron chi connectivity index (χ0n) is 14.7. The first kappa shape index (κ1) is 23.4. The number of carbonyl (C=O) groups excluding carboxylic acids is 2. The van der Waals surface area contributed by atoms with Crippen molar-refractivity contribution in [1.82, 2.24) is 0 Å². The third kappa shape index (κ3) is 8.34. The summed E-state index contributed by atoms with van der Waals surface area (Å²) in [5.74, 6) is -0.190. The van der Waals surface area contributed by atoms with Gasteiger partial charge in [-0.25, -0.2) is 0 Å². The predicted molar refractivity (Wildman–Crippen MR) is 106 cm³/mol. The molecular formula is C18H22Cl4O4. The quantitative estimate of drug-likeness (QED) is 0.132. The molecule has 0 aliphatic rings. The van der Waals surface area contributed by atoms with Gasteiger partial charge < -0.3 is 9.47 Å². The number of carbonyl (C=O) groups is 2. The van der Waals surface area contributed by atoms with Gasteiger partial charge in [0, 0.05) is 12.8 Å². The lowest BCUT2D eigenvalue weighted by Gasteiger charge is -2.10. The maximum atomic E-state index is 11.9. The van der Waals surface area contributed by atoms with E-state index in [0.29, 0.717) is 25.4 Å². The third-order valence-corrected chi connectivity index (χ3v) is 5.01. The Morgan fingerprint density at radius 3 is 2.15 bits per heavy atom. The standard InChI is InChI=1S/C18H22Cl4O4/c1-11(2)6-5-9-25-14(23)7-3-4-8-15(24)26-18-13(20)10-12(19)16(21)17(18)22/h10-11H,3-9H2,1-2H3. The van der Waals surface area contributed by atoms with E-state index in [1.54, 1.807) is 0 Å². The number of esters is 2. The number of unbranched alkanes of at least 4 members (excludes halogenated alkanes) is 1. The molecule has 1 aromatic carbocycles. The van der Waals surface area contributed by atoms with Crippen molar-refractivity contribution < 1.29 is 19.1 Å². The van der Waals surface area contributed by atoms with Gasteiger partial charge in [-0.1, -0.05) is 60.3 Å². The van der Waals surface area contributed by atoms with Gasteiger partial charge in [0.15, 0.2) is 5.75 Å². The van der Waals surface area contributed by atoms with Crippen LogP contribution in [0.3, 0.4) is 0 Å². The molecule has 0 aromatic heterocycles. The molecule has 0 spiro atoms. The average Bonchev–Trinajstić information content (AvgIpc) is 2.57. The monoisotopic (exact) mass is 442 g/mol. The first-order valence-corrected chi connectivity index (χ1v) is 9.92. The first-order valence-electron chi connectivity index (χ1n) is 8.41. The van der Waals surface area contributed by atoms with Crippen LogP contribution in [0.2, 0.25) is 20.1 Å². The van der Waals surface area contributed by atoms with Crippen LogP contribution in [0.15, 0.2) is 6.07 Å². The lowest BCUT2D eigenvalue weighted by atomic mass is 10.1. The molecule has 8 heteroatoms. The van der Waals surface area contributed by atoms with Gasteiger partial charge in [-0.15, -0.1) is 0 Å². The van der Waals surface area contributed by atoms with Crippen molar-refractivity contribution in [1.29, 1.82) is 0 Å². The minimum absolute atomic E-state index is 0.0116. The van der Waals surface area contributed by atoms with Crippen LogP contribution in [0.1, 0.15) is 52.4 Å². The highest BCUT2D eigenvalue weighted by Crippen LogP contribution is 2.42. The van der Waals surface area contributed by atoms with Gasteiger partial charge in [-0.2, -0.15) is 0 Å². The number of rotatable bonds is 10. The molecule has 0 unspecified atom stereocenters. The Morgan fingerprint density at radius 1 is 0.923 bits per heavy atom. The molecule has 0 heterocycles. The zero-order valence-corrected chi connectivity index (χ0v) is 17.8. The highest BCUT2D eigenvalue weighted by Gasteiger charge is 2.18. The van der Waals surface area contributed by atoms with Crippen molar-refractivity contribution in [3.05, 3.63) is 26.2 Å². The zero-order chi connectivity index (χ0) is 19.7. The van der Waals surface area contributed by atoms with Crippen molar-refractivity contribution in [3.63, 3.8) is 0 Å². The molecule has 0 amide bonds. The molecule has 0 fully saturated rings. The van der Waals surface area contributed by atoms with E-state index < -0.39 is 5.97 Å². The molecular weight excluding hydrogens is 422 g/mol. The summed E-state index contributed by atoms with van der Waals surface area (Å²) in [6.07, 6.45) is 3.29. The van der Waals surface area contributed by atoms with Crippen LogP contribution < -0.4 is 4.74 Å². The minimum atomic E-state index is -0.516. The Labute approximate surface area is 174 Å². The second kappa shape index (κ2) is 11.9. The molecule has 0 saturated heterocycles. The van der Waals surface area contributed by atoms with Gasteiger partial charge in [0.05, 0.1) is 21.7 Å². The number of hydrogen-bond donors (Lipinski definition) is 0. The highest BCUT2D eigenvalue weighted by atomic mass is 35.5. The lowest BCUT2D eigenvalue weighted by molar-refractivity contribution is -0.144. The molecule has 26 heavy (non-hydrogen) atoms. The molecule has 0 aliphatic heterocycles. The van der Waals surface area contributed by atoms with Gasteiger partial charge in [-0.3, -0.25) is 9.59 Å². The van der Waals surface area contributed by atoms with E-state index in [0.717, 1.165) is 12.8 Å². The highest BCUT2D eigenvalue weighted by molar-refractivity contribution is 6.50. The van der Waals surface area contributed by atoms with Crippen LogP contribution in [0.5, 0.6) is 5.75 Å². The largest absolute Gasteiger partial charge is 0.466 e. The Kier molecular flexibility index (Phi) is 10.7. The van der Waals surface area contributed by atoms with Crippen molar-refractivity contribution in [2.24, 2.45) is 5.92 Å². The fourth-order valence-corrected chi connectivity index (χ4v) is 3.08. The Balaban J connectivity index is 2.29. The molecule has 0 aliphatic carbocycles. The van der Waals surface area contributed by atoms with E-state index in [9.17, 15) is 9.59 Å². The van der Waals surface area contributed by atoms with E-state index in [1.807, 2.05) is 0 Å². The normalized spacial score (nSPS) is 10.9. The molecule has 0 bridgehead atoms. The van der Waals surface area contributed by atoms with E-state index in [1.165, 1.54) is 6.07 Å². The molecule has 0 N–H and O–H groups in total. The smallest absolute Gasteiger partial charge is 0.311 e. The second-order valence-corrected chi connectivity index (χ2v) is 7.81. The molecule has 0 radical (unpaired) electrons. The number of ether oxygens (including phenoxy) is 2. The van der Waals surface area contributed by atoms with Crippen LogP contribution in [-0.2, 0) is 14.3 Å². The van der Waals surface area contributed by atoms with Crippen molar-refractivity contribution in [2.45, 2.75) is 52.4 Å². The summed E-state index contributed by atoms with van der Waals surface area (Å²) in [5, 5.41) is 0.333. The lowest BCUT2D eigenvalue weighted by Crippen LogP contribution is -2.10. The fraction of sp³-hybridized carbons (Fsp3) is 0.556. The van der Waals surface area contributed by atoms with E-state index in [4.69, 9.17) is 55.9 Å². The van der Waals surface area contributed by atoms with E-state index in [-0.39, 0.29) is 44.7 Å². The SMILES string of the molecule is CC(C)CCCOC(=O)CCCCC(=O)Oc1c(Cl)cc(Cl)c(Cl)c1Cl. The summed E-state index contributed by atoms with van der Waals surface area (Å²) in [7, 11) is 0. The van der Waals surface area contributed by atoms with Crippen LogP contribution >= 0.6 is 46.4 Å². The second-order valence-electron chi connectivity index (χ2n) is 6.24. The molecule has 146 valence electrons. The Morgan fingerprint density at radius 2 is 1.54 bits per heavy atom. The molecule has 4 nitrogen and oxygen atoms in total. The van der Waals surface area contributed by atoms with Gasteiger partial charge in [0.2, 0.25) is 0 Å². The Bertz CT molecular complexity index is 632. The predicted octanol–water partition coefficient (Wildman–Crippen LogP) is 6.75. The summed E-state index contributed by atoms with van der Waals surface area (Å²) in [4.78, 5) is 23.5. The summed E-state index contributed by atoms with van der Waals surface area (Å²) in [6.45, 7) is 4.69. The maximum Gasteiger partial charge on any atom is 0.311 e. The Hall–Kier alpha value is -0.680. The number of halogens is 4. The third-order valence-electron chi connectivity index (χ3n) is 3.49. The van der Waals surface area contributed by atoms with Gasteiger partial charge in [0.25, 0.3) is 0 Å². The van der Waals surface area contributed by atoms with Crippen molar-refractivity contribution in [3.8, 4) is 5.75 Å². The maximum absolute atomic E-state index is 11.9. The van der Waals surface area contributed by atoms with Crippen LogP contribution in [0, 0.1) is 5.92 Å². The summed E-state index contributed by atoms with van der Waals surface area (Å²) in [5.41, 5.74) is 0. The topological polar surface area (TPSA) is 52.6 Å². The molecule has 0 atom stereocenters. The molecule has 0 saturated carbocycles. The first-order chi connectivity index (χ1) is 12.2. The van der Waals surface area contributed by atoms with Crippen molar-refractivity contribution >= 4 is 58.3 Å². The number of benzene rings is 1. The van der Waals surface area contributed by atoms with Crippen LogP contribution in [-0.4, -0.2) is 18.5 Å². The average molecular weight is 444 g/mol. The fourth-order valence-electron chi connectivity index (χ4n) is 2.10. The van der Waals surface area contributed by atoms with Gasteiger partial charge in [0.1, 0.15) is 5.02 Å². The summed E-state index contributed by atoms with van der Waals surface area (Å²) in [6, 6.07) is 1.36. The minimum Gasteiger partial charge on any atom is -0.466 e. The van der Waals surface area contributed by atoms with Crippen LogP contribution in [0.25, 0.3) is 0 Å². The van der Waals surface area contributed by atoms with Gasteiger partial charge in [-0.05, 0) is 37.7 Å². The van der Waals surface area contributed by atoms with Crippen molar-refractivity contribution in [2.75, 3.05) is 6.61 Å². The number of hydrogen-bond acceptors (Lipinski definition) is 4. The van der Waals surface area contributed by atoms with E-state index in [2.05, 4.69) is 13.8 Å².